The van der Waals surface area contributed by atoms with Crippen molar-refractivity contribution in [2.75, 3.05) is 19.8 Å². The number of nitrogens with one attached hydrogen (secondary N) is 1. The van der Waals surface area contributed by atoms with Crippen LogP contribution in [0.25, 0.3) is 0 Å². The molecule has 1 aliphatic carbocycles. The number of ether oxygens (including phenoxy) is 1. The fourth-order valence-corrected chi connectivity index (χ4v) is 4.72. The topological polar surface area (TPSA) is 75.6 Å². The van der Waals surface area contributed by atoms with Gasteiger partial charge in [-0.3, -0.25) is 9.59 Å². The minimum Gasteiger partial charge on any atom is -0.481 e. The molecule has 5 nitrogen and oxygen atoms in total. The van der Waals surface area contributed by atoms with E-state index in [0.29, 0.717) is 18.2 Å². The van der Waals surface area contributed by atoms with Crippen LogP contribution >= 0.6 is 11.6 Å². The van der Waals surface area contributed by atoms with Gasteiger partial charge in [-0.1, -0.05) is 43.0 Å². The second-order valence-corrected chi connectivity index (χ2v) is 8.19. The van der Waals surface area contributed by atoms with Crippen molar-refractivity contribution in [3.63, 3.8) is 0 Å². The number of benzene rings is 1. The van der Waals surface area contributed by atoms with Crippen LogP contribution in [0.3, 0.4) is 0 Å². The summed E-state index contributed by atoms with van der Waals surface area (Å²) in [6.07, 6.45) is 6.10. The molecule has 0 spiro atoms. The van der Waals surface area contributed by atoms with E-state index >= 15 is 0 Å². The molecule has 1 amide bonds. The molecule has 1 saturated heterocycles. The summed E-state index contributed by atoms with van der Waals surface area (Å²) in [7, 11) is 0. The molecule has 1 aromatic carbocycles. The van der Waals surface area contributed by atoms with Gasteiger partial charge in [0.05, 0.1) is 11.3 Å². The van der Waals surface area contributed by atoms with Crippen molar-refractivity contribution < 1.29 is 19.4 Å². The van der Waals surface area contributed by atoms with Crippen LogP contribution in [-0.4, -0.2) is 36.7 Å². The second-order valence-electron chi connectivity index (χ2n) is 7.76. The molecule has 1 saturated carbocycles. The van der Waals surface area contributed by atoms with Crippen molar-refractivity contribution in [3.05, 3.63) is 34.9 Å². The van der Waals surface area contributed by atoms with Gasteiger partial charge in [0.1, 0.15) is 0 Å². The Kier molecular flexibility index (Phi) is 6.77. The number of carbonyl (C=O) groups is 2. The zero-order valence-electron chi connectivity index (χ0n) is 15.6. The number of carboxylic acid groups (broad SMARTS) is 1. The van der Waals surface area contributed by atoms with Gasteiger partial charge in [0.2, 0.25) is 5.91 Å². The molecule has 1 aromatic rings. The highest BCUT2D eigenvalue weighted by Gasteiger charge is 2.42. The van der Waals surface area contributed by atoms with Crippen LogP contribution in [0, 0.1) is 11.8 Å². The highest BCUT2D eigenvalue weighted by atomic mass is 35.5. The van der Waals surface area contributed by atoms with E-state index in [-0.39, 0.29) is 18.4 Å². The third-order valence-corrected chi connectivity index (χ3v) is 6.39. The van der Waals surface area contributed by atoms with Crippen LogP contribution in [0.1, 0.15) is 50.5 Å². The fraction of sp³-hybridized carbons (Fsp3) is 0.619. The average Bonchev–Trinajstić information content (AvgIpc) is 2.69. The van der Waals surface area contributed by atoms with Gasteiger partial charge in [-0.25, -0.2) is 0 Å². The van der Waals surface area contributed by atoms with Crippen LogP contribution in [-0.2, 0) is 19.7 Å². The van der Waals surface area contributed by atoms with E-state index in [2.05, 4.69) is 5.32 Å². The maximum absolute atomic E-state index is 13.3. The summed E-state index contributed by atoms with van der Waals surface area (Å²) in [4.78, 5) is 25.0. The molecule has 0 bridgehead atoms. The smallest absolute Gasteiger partial charge is 0.308 e. The molecule has 2 aliphatic rings. The first kappa shape index (κ1) is 20.2. The van der Waals surface area contributed by atoms with Crippen LogP contribution < -0.4 is 5.32 Å². The standard InChI is InChI=1S/C21H28ClNO4/c22-17-6-4-5-16(13-17)21(9-2-1-3-10-21)20(26)23-14-18(19(24)25)15-7-11-27-12-8-15/h4-6,13,15,18H,1-3,7-12,14H2,(H,23,26)(H,24,25). The number of aliphatic carboxylic acids is 1. The molecule has 1 unspecified atom stereocenters. The number of rotatable bonds is 6. The van der Waals surface area contributed by atoms with Gasteiger partial charge in [-0.15, -0.1) is 0 Å². The first-order valence-corrected chi connectivity index (χ1v) is 10.3. The van der Waals surface area contributed by atoms with Gasteiger partial charge in [0, 0.05) is 24.8 Å². The Morgan fingerprint density at radius 1 is 1.22 bits per heavy atom. The lowest BCUT2D eigenvalue weighted by Crippen LogP contribution is -2.48. The first-order chi connectivity index (χ1) is 13.0. The zero-order chi connectivity index (χ0) is 19.3. The third kappa shape index (κ3) is 4.64. The van der Waals surface area contributed by atoms with Crippen molar-refractivity contribution in [1.82, 2.24) is 5.32 Å². The van der Waals surface area contributed by atoms with Crippen LogP contribution in [0.15, 0.2) is 24.3 Å². The molecule has 2 N–H and O–H groups in total. The Labute approximate surface area is 165 Å². The number of hydrogen-bond donors (Lipinski definition) is 2. The van der Waals surface area contributed by atoms with Gasteiger partial charge < -0.3 is 15.2 Å². The Morgan fingerprint density at radius 2 is 1.93 bits per heavy atom. The Bertz CT molecular complexity index is 666. The molecular formula is C21H28ClNO4. The Morgan fingerprint density at radius 3 is 2.56 bits per heavy atom. The van der Waals surface area contributed by atoms with Gasteiger partial charge in [-0.05, 0) is 49.3 Å². The molecule has 1 heterocycles. The van der Waals surface area contributed by atoms with Gasteiger partial charge >= 0.3 is 5.97 Å². The van der Waals surface area contributed by atoms with Gasteiger partial charge in [-0.2, -0.15) is 0 Å². The van der Waals surface area contributed by atoms with E-state index in [4.69, 9.17) is 16.3 Å². The lowest BCUT2D eigenvalue weighted by molar-refractivity contribution is -0.145. The predicted molar refractivity (Wildman–Crippen MR) is 104 cm³/mol. The molecule has 0 radical (unpaired) electrons. The lowest BCUT2D eigenvalue weighted by atomic mass is 9.68. The predicted octanol–water partition coefficient (Wildman–Crippen LogP) is 3.79. The van der Waals surface area contributed by atoms with Crippen molar-refractivity contribution >= 4 is 23.5 Å². The van der Waals surface area contributed by atoms with Crippen LogP contribution in [0.5, 0.6) is 0 Å². The maximum Gasteiger partial charge on any atom is 0.308 e. The highest BCUT2D eigenvalue weighted by molar-refractivity contribution is 6.30. The third-order valence-electron chi connectivity index (χ3n) is 6.15. The molecule has 1 atom stereocenters. The van der Waals surface area contributed by atoms with Crippen molar-refractivity contribution in [1.29, 1.82) is 0 Å². The number of carboxylic acids is 1. The second kappa shape index (κ2) is 9.07. The van der Waals surface area contributed by atoms with E-state index in [1.54, 1.807) is 0 Å². The Hall–Kier alpha value is -1.59. The summed E-state index contributed by atoms with van der Waals surface area (Å²) in [5.74, 6) is -1.44. The van der Waals surface area contributed by atoms with Gasteiger partial charge in [0.25, 0.3) is 0 Å². The minimum absolute atomic E-state index is 0.0463. The number of carbonyl (C=O) groups excluding carboxylic acids is 1. The van der Waals surface area contributed by atoms with Crippen molar-refractivity contribution in [3.8, 4) is 0 Å². The minimum atomic E-state index is -0.845. The summed E-state index contributed by atoms with van der Waals surface area (Å²) in [5, 5.41) is 13.3. The quantitative estimate of drug-likeness (QED) is 0.771. The van der Waals surface area contributed by atoms with E-state index < -0.39 is 17.3 Å². The van der Waals surface area contributed by atoms with Gasteiger partial charge in [0.15, 0.2) is 0 Å². The molecule has 0 aromatic heterocycles. The lowest BCUT2D eigenvalue weighted by Gasteiger charge is -2.37. The van der Waals surface area contributed by atoms with E-state index in [9.17, 15) is 14.7 Å². The molecule has 1 aliphatic heterocycles. The normalized spacial score (nSPS) is 21.4. The summed E-state index contributed by atoms with van der Waals surface area (Å²) in [5.41, 5.74) is 0.326. The summed E-state index contributed by atoms with van der Waals surface area (Å²) in [6, 6.07) is 7.53. The summed E-state index contributed by atoms with van der Waals surface area (Å²) < 4.78 is 5.34. The van der Waals surface area contributed by atoms with Crippen molar-refractivity contribution in [2.45, 2.75) is 50.4 Å². The SMILES string of the molecule is O=C(O)C(CNC(=O)C1(c2cccc(Cl)c2)CCCCC1)C1CCOCC1. The van der Waals surface area contributed by atoms with Crippen molar-refractivity contribution in [2.24, 2.45) is 11.8 Å². The molecular weight excluding hydrogens is 366 g/mol. The monoisotopic (exact) mass is 393 g/mol. The first-order valence-electron chi connectivity index (χ1n) is 9.88. The summed E-state index contributed by atoms with van der Waals surface area (Å²) >= 11 is 6.18. The maximum atomic E-state index is 13.3. The van der Waals surface area contributed by atoms with E-state index in [0.717, 1.165) is 50.5 Å². The number of halogens is 1. The van der Waals surface area contributed by atoms with Crippen LogP contribution in [0.2, 0.25) is 5.02 Å². The zero-order valence-corrected chi connectivity index (χ0v) is 16.3. The largest absolute Gasteiger partial charge is 0.481 e. The highest BCUT2D eigenvalue weighted by Crippen LogP contribution is 2.40. The molecule has 6 heteroatoms. The van der Waals surface area contributed by atoms with Crippen LogP contribution in [0.4, 0.5) is 0 Å². The number of hydrogen-bond acceptors (Lipinski definition) is 3. The molecule has 27 heavy (non-hydrogen) atoms. The average molecular weight is 394 g/mol. The molecule has 2 fully saturated rings. The van der Waals surface area contributed by atoms with E-state index in [1.807, 2.05) is 24.3 Å². The Balaban J connectivity index is 1.75. The molecule has 148 valence electrons. The summed E-state index contributed by atoms with van der Waals surface area (Å²) in [6.45, 7) is 1.35. The van der Waals surface area contributed by atoms with E-state index in [1.165, 1.54) is 0 Å². The molecule has 3 rings (SSSR count). The fourth-order valence-electron chi connectivity index (χ4n) is 4.53. The number of amides is 1.